The van der Waals surface area contributed by atoms with Crippen LogP contribution in [0, 0.1) is 6.92 Å². The maximum atomic E-state index is 12.9. The minimum absolute atomic E-state index is 0.137. The third-order valence-corrected chi connectivity index (χ3v) is 5.60. The number of carbonyl (C=O) groups is 1. The molecular weight excluding hydrogens is 415 g/mol. The van der Waals surface area contributed by atoms with Gasteiger partial charge in [-0.15, -0.1) is 11.8 Å². The van der Waals surface area contributed by atoms with E-state index in [0.717, 1.165) is 42.4 Å². The van der Waals surface area contributed by atoms with Crippen LogP contribution in [0.5, 0.6) is 0 Å². The Labute approximate surface area is 178 Å². The first kappa shape index (κ1) is 22.4. The molecule has 0 unspecified atom stereocenters. The van der Waals surface area contributed by atoms with Gasteiger partial charge in [0.15, 0.2) is 0 Å². The van der Waals surface area contributed by atoms with E-state index in [0.29, 0.717) is 29.4 Å². The maximum Gasteiger partial charge on any atom is 0.416 e. The number of anilines is 1. The zero-order chi connectivity index (χ0) is 21.7. The Bertz CT molecular complexity index is 882. The fraction of sp³-hybridized carbons (Fsp3) is 0.429. The van der Waals surface area contributed by atoms with Crippen molar-refractivity contribution in [2.45, 2.75) is 31.6 Å². The van der Waals surface area contributed by atoms with E-state index >= 15 is 0 Å². The molecule has 0 bridgehead atoms. The summed E-state index contributed by atoms with van der Waals surface area (Å²) < 4.78 is 43.5. The normalized spacial score (nSPS) is 14.6. The van der Waals surface area contributed by atoms with Crippen LogP contribution in [-0.4, -0.2) is 42.9 Å². The molecule has 0 aliphatic carbocycles. The summed E-state index contributed by atoms with van der Waals surface area (Å²) in [6.07, 6.45) is -4.38. The number of rotatable bonds is 6. The molecular formula is C21H24F3N3O2S. The molecule has 1 aromatic heterocycles. The molecule has 3 rings (SSSR count). The summed E-state index contributed by atoms with van der Waals surface area (Å²) in [5, 5.41) is 3.46. The molecule has 0 spiro atoms. The average Bonchev–Trinajstić information content (AvgIpc) is 2.72. The van der Waals surface area contributed by atoms with Crippen molar-refractivity contribution in [2.24, 2.45) is 0 Å². The zero-order valence-electron chi connectivity index (χ0n) is 16.9. The van der Waals surface area contributed by atoms with Crippen LogP contribution in [0.4, 0.5) is 19.0 Å². The molecule has 9 heteroatoms. The number of nitrogens with one attached hydrogen (secondary N) is 1. The van der Waals surface area contributed by atoms with Crippen LogP contribution in [0.25, 0.3) is 0 Å². The van der Waals surface area contributed by atoms with Crippen molar-refractivity contribution in [1.82, 2.24) is 10.3 Å². The predicted molar refractivity (Wildman–Crippen MR) is 111 cm³/mol. The van der Waals surface area contributed by atoms with Crippen LogP contribution in [0.3, 0.4) is 0 Å². The lowest BCUT2D eigenvalue weighted by Crippen LogP contribution is -2.37. The van der Waals surface area contributed by atoms with E-state index < -0.39 is 11.7 Å². The van der Waals surface area contributed by atoms with Crippen LogP contribution in [0.2, 0.25) is 0 Å². The number of ether oxygens (including phenoxy) is 1. The van der Waals surface area contributed by atoms with E-state index in [1.165, 1.54) is 23.9 Å². The third-order valence-electron chi connectivity index (χ3n) is 4.75. The SMILES string of the molecule is CCSc1nc(N2CCOCC2)cc(C)c1C(=O)NCc1ccc(C(F)(F)F)cc1. The highest BCUT2D eigenvalue weighted by molar-refractivity contribution is 7.99. The molecule has 0 atom stereocenters. The summed E-state index contributed by atoms with van der Waals surface area (Å²) in [7, 11) is 0. The van der Waals surface area contributed by atoms with Gasteiger partial charge < -0.3 is 15.0 Å². The van der Waals surface area contributed by atoms with Crippen LogP contribution < -0.4 is 10.2 Å². The highest BCUT2D eigenvalue weighted by atomic mass is 32.2. The number of benzene rings is 1. The maximum absolute atomic E-state index is 12.9. The van der Waals surface area contributed by atoms with E-state index in [2.05, 4.69) is 10.2 Å². The van der Waals surface area contributed by atoms with Gasteiger partial charge in [0.1, 0.15) is 10.8 Å². The van der Waals surface area contributed by atoms with Gasteiger partial charge in [0.25, 0.3) is 5.91 Å². The van der Waals surface area contributed by atoms with Gasteiger partial charge in [0.05, 0.1) is 24.3 Å². The molecule has 1 aliphatic rings. The number of nitrogens with zero attached hydrogens (tertiary/aromatic N) is 2. The van der Waals surface area contributed by atoms with Gasteiger partial charge >= 0.3 is 6.18 Å². The van der Waals surface area contributed by atoms with E-state index in [4.69, 9.17) is 9.72 Å². The first-order chi connectivity index (χ1) is 14.3. The molecule has 1 saturated heterocycles. The van der Waals surface area contributed by atoms with Crippen molar-refractivity contribution < 1.29 is 22.7 Å². The molecule has 2 aromatic rings. The first-order valence-electron chi connectivity index (χ1n) is 9.71. The van der Waals surface area contributed by atoms with E-state index in [-0.39, 0.29) is 12.5 Å². The van der Waals surface area contributed by atoms with Crippen molar-refractivity contribution in [3.05, 3.63) is 52.6 Å². The summed E-state index contributed by atoms with van der Waals surface area (Å²) >= 11 is 1.49. The number of pyridine rings is 1. The Morgan fingerprint density at radius 3 is 2.50 bits per heavy atom. The lowest BCUT2D eigenvalue weighted by Gasteiger charge is -2.28. The second kappa shape index (κ2) is 9.70. The second-order valence-electron chi connectivity index (χ2n) is 6.89. The van der Waals surface area contributed by atoms with Gasteiger partial charge in [-0.2, -0.15) is 13.2 Å². The number of aryl methyl sites for hydroxylation is 1. The van der Waals surface area contributed by atoms with Crippen LogP contribution in [0.15, 0.2) is 35.4 Å². The fourth-order valence-electron chi connectivity index (χ4n) is 3.18. The number of hydrogen-bond donors (Lipinski definition) is 1. The monoisotopic (exact) mass is 439 g/mol. The molecule has 1 aromatic carbocycles. The van der Waals surface area contributed by atoms with Crippen LogP contribution in [0.1, 0.15) is 34.0 Å². The fourth-order valence-corrected chi connectivity index (χ4v) is 4.01. The van der Waals surface area contributed by atoms with Gasteiger partial charge in [-0.1, -0.05) is 19.1 Å². The van der Waals surface area contributed by atoms with Crippen molar-refractivity contribution in [3.63, 3.8) is 0 Å². The second-order valence-corrected chi connectivity index (χ2v) is 8.14. The minimum Gasteiger partial charge on any atom is -0.378 e. The Morgan fingerprint density at radius 1 is 1.23 bits per heavy atom. The van der Waals surface area contributed by atoms with Gasteiger partial charge in [-0.05, 0) is 42.0 Å². The summed E-state index contributed by atoms with van der Waals surface area (Å²) in [6.45, 7) is 6.80. The van der Waals surface area contributed by atoms with Crippen molar-refractivity contribution in [3.8, 4) is 0 Å². The minimum atomic E-state index is -4.38. The number of carbonyl (C=O) groups excluding carboxylic acids is 1. The number of hydrogen-bond acceptors (Lipinski definition) is 5. The zero-order valence-corrected chi connectivity index (χ0v) is 17.7. The van der Waals surface area contributed by atoms with Crippen LogP contribution in [-0.2, 0) is 17.5 Å². The largest absolute Gasteiger partial charge is 0.416 e. The number of morpholine rings is 1. The van der Waals surface area contributed by atoms with E-state index in [1.54, 1.807) is 0 Å². The summed E-state index contributed by atoms with van der Waals surface area (Å²) in [5.74, 6) is 1.30. The Kier molecular flexibility index (Phi) is 7.25. The third kappa shape index (κ3) is 5.46. The molecule has 1 aliphatic heterocycles. The van der Waals surface area contributed by atoms with Gasteiger partial charge in [0, 0.05) is 19.6 Å². The molecule has 1 amide bonds. The summed E-state index contributed by atoms with van der Waals surface area (Å²) in [6, 6.07) is 6.68. The molecule has 0 saturated carbocycles. The lowest BCUT2D eigenvalue weighted by atomic mass is 10.1. The Balaban J connectivity index is 1.75. The molecule has 1 fully saturated rings. The summed E-state index contributed by atoms with van der Waals surface area (Å²) in [5.41, 5.74) is 1.20. The molecule has 5 nitrogen and oxygen atoms in total. The molecule has 1 N–H and O–H groups in total. The Hall–Kier alpha value is -2.26. The highest BCUT2D eigenvalue weighted by Gasteiger charge is 2.30. The Morgan fingerprint density at radius 2 is 1.90 bits per heavy atom. The van der Waals surface area contributed by atoms with Gasteiger partial charge in [0.2, 0.25) is 0 Å². The quantitative estimate of drug-likeness (QED) is 0.681. The van der Waals surface area contributed by atoms with Crippen molar-refractivity contribution in [1.29, 1.82) is 0 Å². The van der Waals surface area contributed by atoms with Crippen molar-refractivity contribution in [2.75, 3.05) is 37.0 Å². The van der Waals surface area contributed by atoms with Crippen LogP contribution >= 0.6 is 11.8 Å². The topological polar surface area (TPSA) is 54.5 Å². The van der Waals surface area contributed by atoms with Gasteiger partial charge in [-0.3, -0.25) is 4.79 Å². The number of halogens is 3. The number of thioether (sulfide) groups is 1. The van der Waals surface area contributed by atoms with E-state index in [9.17, 15) is 18.0 Å². The average molecular weight is 440 g/mol. The van der Waals surface area contributed by atoms with Crippen molar-refractivity contribution >= 4 is 23.5 Å². The first-order valence-corrected chi connectivity index (χ1v) is 10.7. The van der Waals surface area contributed by atoms with E-state index in [1.807, 2.05) is 19.9 Å². The predicted octanol–water partition coefficient (Wildman–Crippen LogP) is 4.29. The standard InChI is InChI=1S/C21H24F3N3O2S/c1-3-30-20-18(14(2)12-17(26-20)27-8-10-29-11-9-27)19(28)25-13-15-4-6-16(7-5-15)21(22,23)24/h4-7,12H,3,8-11,13H2,1-2H3,(H,25,28). The molecule has 30 heavy (non-hydrogen) atoms. The molecule has 0 radical (unpaired) electrons. The number of amides is 1. The molecule has 162 valence electrons. The lowest BCUT2D eigenvalue weighted by molar-refractivity contribution is -0.137. The smallest absolute Gasteiger partial charge is 0.378 e. The number of alkyl halides is 3. The highest BCUT2D eigenvalue weighted by Crippen LogP contribution is 2.30. The van der Waals surface area contributed by atoms with Gasteiger partial charge in [-0.25, -0.2) is 4.98 Å². The summed E-state index contributed by atoms with van der Waals surface area (Å²) in [4.78, 5) is 19.7. The number of aromatic nitrogens is 1. The molecule has 2 heterocycles.